The van der Waals surface area contributed by atoms with E-state index in [0.717, 1.165) is 0 Å². The molecule has 0 aromatic heterocycles. The summed E-state index contributed by atoms with van der Waals surface area (Å²) in [6.07, 6.45) is 1.13. The number of nitrogens with zero attached hydrogens (tertiary/aromatic N) is 1. The van der Waals surface area contributed by atoms with Crippen molar-refractivity contribution in [3.8, 4) is 0 Å². The summed E-state index contributed by atoms with van der Waals surface area (Å²) in [5.74, 6) is -0.916. The average Bonchev–Trinajstić information content (AvgIpc) is 2.69. The van der Waals surface area contributed by atoms with Crippen LogP contribution in [0.25, 0.3) is 0 Å². The van der Waals surface area contributed by atoms with Crippen molar-refractivity contribution >= 4 is 33.4 Å². The molecule has 0 bridgehead atoms. The van der Waals surface area contributed by atoms with Crippen LogP contribution in [0.5, 0.6) is 0 Å². The van der Waals surface area contributed by atoms with Crippen LogP contribution in [-0.4, -0.2) is 29.8 Å². The fourth-order valence-electron chi connectivity index (χ4n) is 3.47. The van der Waals surface area contributed by atoms with Gasteiger partial charge in [0.25, 0.3) is 5.91 Å². The topological polar surface area (TPSA) is 49.4 Å². The van der Waals surface area contributed by atoms with Gasteiger partial charge in [-0.05, 0) is 54.2 Å². The Balaban J connectivity index is 1.57. The second-order valence-electron chi connectivity index (χ2n) is 8.51. The highest BCUT2D eigenvalue weighted by atomic mass is 79.9. The standard InChI is InChI=1S/C23H26BrFN2O2/c1-23(2,3)17-6-4-16(5-7-17)22(29)27-12-10-15(11-13-27)21(28)26-20-9-8-18(24)14-19(20)25/h4-9,14-15H,10-13H2,1-3H3,(H,26,28). The van der Waals surface area contributed by atoms with E-state index in [1.165, 1.54) is 17.7 Å². The normalized spacial score (nSPS) is 15.3. The molecule has 0 aliphatic carbocycles. The van der Waals surface area contributed by atoms with Crippen LogP contribution >= 0.6 is 15.9 Å². The van der Waals surface area contributed by atoms with Crippen LogP contribution in [0.15, 0.2) is 46.9 Å². The molecule has 29 heavy (non-hydrogen) atoms. The molecular weight excluding hydrogens is 435 g/mol. The predicted molar refractivity (Wildman–Crippen MR) is 116 cm³/mol. The highest BCUT2D eigenvalue weighted by Crippen LogP contribution is 2.25. The third-order valence-electron chi connectivity index (χ3n) is 5.34. The van der Waals surface area contributed by atoms with Crippen LogP contribution in [0.2, 0.25) is 0 Å². The molecule has 0 atom stereocenters. The molecule has 2 aromatic rings. The molecule has 2 amide bonds. The van der Waals surface area contributed by atoms with E-state index < -0.39 is 5.82 Å². The van der Waals surface area contributed by atoms with Gasteiger partial charge in [0, 0.05) is 29.0 Å². The molecule has 0 saturated carbocycles. The maximum Gasteiger partial charge on any atom is 0.253 e. The minimum atomic E-state index is -0.473. The number of hydrogen-bond donors (Lipinski definition) is 1. The van der Waals surface area contributed by atoms with Gasteiger partial charge in [-0.2, -0.15) is 0 Å². The van der Waals surface area contributed by atoms with Crippen LogP contribution in [0.1, 0.15) is 49.5 Å². The third kappa shape index (κ3) is 5.24. The van der Waals surface area contributed by atoms with E-state index in [-0.39, 0.29) is 28.8 Å². The second-order valence-corrected chi connectivity index (χ2v) is 9.42. The van der Waals surface area contributed by atoms with Crippen molar-refractivity contribution in [2.75, 3.05) is 18.4 Å². The summed E-state index contributed by atoms with van der Waals surface area (Å²) in [6.45, 7) is 7.45. The van der Waals surface area contributed by atoms with E-state index in [1.807, 2.05) is 24.3 Å². The highest BCUT2D eigenvalue weighted by Gasteiger charge is 2.28. The number of amides is 2. The first-order chi connectivity index (χ1) is 13.6. The van der Waals surface area contributed by atoms with Gasteiger partial charge in [-0.25, -0.2) is 4.39 Å². The number of piperidine rings is 1. The van der Waals surface area contributed by atoms with Crippen molar-refractivity contribution in [1.29, 1.82) is 0 Å². The quantitative estimate of drug-likeness (QED) is 0.668. The summed E-state index contributed by atoms with van der Waals surface area (Å²) in [5, 5.41) is 2.66. The van der Waals surface area contributed by atoms with E-state index in [4.69, 9.17) is 0 Å². The molecule has 0 radical (unpaired) electrons. The number of rotatable bonds is 3. The monoisotopic (exact) mass is 460 g/mol. The lowest BCUT2D eigenvalue weighted by Gasteiger charge is -2.31. The summed E-state index contributed by atoms with van der Waals surface area (Å²) < 4.78 is 14.6. The van der Waals surface area contributed by atoms with Gasteiger partial charge in [0.05, 0.1) is 5.69 Å². The number of hydrogen-bond acceptors (Lipinski definition) is 2. The number of carbonyl (C=O) groups excluding carboxylic acids is 2. The van der Waals surface area contributed by atoms with Crippen molar-refractivity contribution in [2.45, 2.75) is 39.0 Å². The smallest absolute Gasteiger partial charge is 0.253 e. The third-order valence-corrected chi connectivity index (χ3v) is 5.83. The minimum absolute atomic E-state index is 0.0109. The highest BCUT2D eigenvalue weighted by molar-refractivity contribution is 9.10. The zero-order valence-electron chi connectivity index (χ0n) is 17.0. The van der Waals surface area contributed by atoms with Crippen LogP contribution in [-0.2, 0) is 10.2 Å². The van der Waals surface area contributed by atoms with Gasteiger partial charge in [-0.3, -0.25) is 9.59 Å². The minimum Gasteiger partial charge on any atom is -0.339 e. The molecule has 2 aromatic carbocycles. The first-order valence-corrected chi connectivity index (χ1v) is 10.6. The molecule has 1 aliphatic rings. The van der Waals surface area contributed by atoms with Gasteiger partial charge in [-0.15, -0.1) is 0 Å². The summed E-state index contributed by atoms with van der Waals surface area (Å²) in [4.78, 5) is 27.1. The molecule has 0 unspecified atom stereocenters. The fraction of sp³-hybridized carbons (Fsp3) is 0.391. The molecule has 1 heterocycles. The molecule has 1 fully saturated rings. The van der Waals surface area contributed by atoms with Crippen LogP contribution in [0.3, 0.4) is 0 Å². The van der Waals surface area contributed by atoms with E-state index in [1.54, 1.807) is 11.0 Å². The first kappa shape index (κ1) is 21.5. The number of nitrogens with one attached hydrogen (secondary N) is 1. The number of carbonyl (C=O) groups is 2. The number of anilines is 1. The Bertz CT molecular complexity index is 898. The van der Waals surface area contributed by atoms with Gasteiger partial charge in [-0.1, -0.05) is 48.8 Å². The predicted octanol–water partition coefficient (Wildman–Crippen LogP) is 5.38. The number of likely N-dealkylation sites (tertiary alicyclic amines) is 1. The van der Waals surface area contributed by atoms with E-state index in [0.29, 0.717) is 36.0 Å². The second kappa shape index (κ2) is 8.66. The van der Waals surface area contributed by atoms with Crippen LogP contribution < -0.4 is 5.32 Å². The fourth-order valence-corrected chi connectivity index (χ4v) is 3.80. The van der Waals surface area contributed by atoms with Gasteiger partial charge in [0.2, 0.25) is 5.91 Å². The lowest BCUT2D eigenvalue weighted by Crippen LogP contribution is -2.41. The van der Waals surface area contributed by atoms with Crippen molar-refractivity contribution < 1.29 is 14.0 Å². The Morgan fingerprint density at radius 1 is 1.07 bits per heavy atom. The Labute approximate surface area is 179 Å². The molecule has 1 aliphatic heterocycles. The Morgan fingerprint density at radius 2 is 1.69 bits per heavy atom. The summed E-state index contributed by atoms with van der Waals surface area (Å²) >= 11 is 3.20. The summed E-state index contributed by atoms with van der Waals surface area (Å²) in [5.41, 5.74) is 2.07. The average molecular weight is 461 g/mol. The lowest BCUT2D eigenvalue weighted by atomic mass is 9.86. The van der Waals surface area contributed by atoms with E-state index >= 15 is 0 Å². The van der Waals surface area contributed by atoms with Crippen molar-refractivity contribution in [1.82, 2.24) is 4.90 Å². The zero-order valence-corrected chi connectivity index (χ0v) is 18.6. The maximum atomic E-state index is 13.9. The number of benzene rings is 2. The summed E-state index contributed by atoms with van der Waals surface area (Å²) in [6, 6.07) is 12.3. The molecule has 3 rings (SSSR count). The van der Waals surface area contributed by atoms with Gasteiger partial charge >= 0.3 is 0 Å². The SMILES string of the molecule is CC(C)(C)c1ccc(C(=O)N2CCC(C(=O)Nc3ccc(Br)cc3F)CC2)cc1. The molecule has 6 heteroatoms. The Morgan fingerprint density at radius 3 is 2.24 bits per heavy atom. The maximum absolute atomic E-state index is 13.9. The largest absolute Gasteiger partial charge is 0.339 e. The Kier molecular flexibility index (Phi) is 6.42. The van der Waals surface area contributed by atoms with Gasteiger partial charge in [0.15, 0.2) is 0 Å². The molecule has 0 spiro atoms. The molecule has 4 nitrogen and oxygen atoms in total. The molecule has 1 N–H and O–H groups in total. The zero-order chi connectivity index (χ0) is 21.2. The molecule has 154 valence electrons. The van der Waals surface area contributed by atoms with Gasteiger partial charge < -0.3 is 10.2 Å². The van der Waals surface area contributed by atoms with Crippen molar-refractivity contribution in [3.63, 3.8) is 0 Å². The van der Waals surface area contributed by atoms with E-state index in [9.17, 15) is 14.0 Å². The number of halogens is 2. The molecular formula is C23H26BrFN2O2. The van der Waals surface area contributed by atoms with Gasteiger partial charge in [0.1, 0.15) is 5.82 Å². The van der Waals surface area contributed by atoms with E-state index in [2.05, 4.69) is 42.0 Å². The summed E-state index contributed by atoms with van der Waals surface area (Å²) in [7, 11) is 0. The molecule has 1 saturated heterocycles. The first-order valence-electron chi connectivity index (χ1n) is 9.81. The van der Waals surface area contributed by atoms with Crippen LogP contribution in [0.4, 0.5) is 10.1 Å². The Hall–Kier alpha value is -2.21. The van der Waals surface area contributed by atoms with Crippen molar-refractivity contribution in [2.24, 2.45) is 5.92 Å². The lowest BCUT2D eigenvalue weighted by molar-refractivity contribution is -0.121. The van der Waals surface area contributed by atoms with Crippen molar-refractivity contribution in [3.05, 3.63) is 63.9 Å². The van der Waals surface area contributed by atoms with Crippen LogP contribution in [0, 0.1) is 11.7 Å².